The summed E-state index contributed by atoms with van der Waals surface area (Å²) < 4.78 is 15.2. The first-order chi connectivity index (χ1) is 23.8. The summed E-state index contributed by atoms with van der Waals surface area (Å²) in [6.45, 7) is 10.7. The van der Waals surface area contributed by atoms with Gasteiger partial charge in [-0.3, -0.25) is 0 Å². The molecule has 0 saturated heterocycles. The molecule has 4 aromatic carbocycles. The summed E-state index contributed by atoms with van der Waals surface area (Å²) in [5.41, 5.74) is 14.0. The van der Waals surface area contributed by atoms with Crippen molar-refractivity contribution in [3.8, 4) is 22.6 Å². The van der Waals surface area contributed by atoms with Crippen LogP contribution in [-0.4, -0.2) is 37.9 Å². The molecule has 250 valence electrons. The quantitative estimate of drug-likeness (QED) is 0.217. The summed E-state index contributed by atoms with van der Waals surface area (Å²) in [7, 11) is 0. The molecule has 0 radical (unpaired) electrons. The number of aryl methyl sites for hydroxylation is 2. The number of hydrogen-bond acceptors (Lipinski definition) is 4. The van der Waals surface area contributed by atoms with E-state index in [4.69, 9.17) is 9.47 Å². The first-order valence-electron chi connectivity index (χ1n) is 18.4. The molecule has 0 fully saturated rings. The Labute approximate surface area is 289 Å². The molecule has 4 aromatic rings. The first kappa shape index (κ1) is 30.5. The zero-order chi connectivity index (χ0) is 33.3. The van der Waals surface area contributed by atoms with E-state index in [9.17, 15) is 4.79 Å². The fourth-order valence-corrected chi connectivity index (χ4v) is 8.96. The van der Waals surface area contributed by atoms with Gasteiger partial charge in [0, 0.05) is 65.6 Å². The van der Waals surface area contributed by atoms with Gasteiger partial charge in [-0.2, -0.15) is 0 Å². The number of amides is 1. The molecule has 5 heterocycles. The number of nitrogens with one attached hydrogen (secondary N) is 1. The molecule has 5 aliphatic rings. The zero-order valence-corrected chi connectivity index (χ0v) is 29.1. The maximum atomic E-state index is 12.1. The van der Waals surface area contributed by atoms with Gasteiger partial charge in [0.05, 0.1) is 5.56 Å². The van der Waals surface area contributed by atoms with Gasteiger partial charge in [-0.15, -0.1) is 0 Å². The van der Waals surface area contributed by atoms with Gasteiger partial charge in [0.25, 0.3) is 0 Å². The molecule has 5 aliphatic heterocycles. The topological polar surface area (TPSA) is 53.8 Å². The molecule has 0 spiro atoms. The number of hydrogen-bond donors (Lipinski definition) is 1. The molecule has 9 rings (SSSR count). The van der Waals surface area contributed by atoms with Crippen LogP contribution >= 0.6 is 0 Å². The smallest absolute Gasteiger partial charge is 0.407 e. The average Bonchev–Trinajstić information content (AvgIpc) is 3.10. The van der Waals surface area contributed by atoms with Crippen molar-refractivity contribution < 1.29 is 14.3 Å². The second kappa shape index (κ2) is 11.8. The monoisotopic (exact) mass is 652 g/mol. The van der Waals surface area contributed by atoms with Gasteiger partial charge in [0.1, 0.15) is 30.2 Å². The summed E-state index contributed by atoms with van der Waals surface area (Å²) >= 11 is 0. The van der Waals surface area contributed by atoms with Crippen molar-refractivity contribution in [3.63, 3.8) is 0 Å². The fraction of sp³-hybridized carbons (Fsp3) is 0.395. The Kier molecular flexibility index (Phi) is 7.33. The minimum atomic E-state index is -0.513. The van der Waals surface area contributed by atoms with E-state index in [0.29, 0.717) is 6.54 Å². The Morgan fingerprint density at radius 2 is 1.45 bits per heavy atom. The lowest BCUT2D eigenvalue weighted by Crippen LogP contribution is -2.45. The van der Waals surface area contributed by atoms with Crippen LogP contribution in [0.1, 0.15) is 85.4 Å². The predicted molar refractivity (Wildman–Crippen MR) is 195 cm³/mol. The highest BCUT2D eigenvalue weighted by molar-refractivity contribution is 5.90. The summed E-state index contributed by atoms with van der Waals surface area (Å²) in [5.74, 6) is 2.22. The minimum absolute atomic E-state index is 0.398. The molecule has 0 atom stereocenters. The molecular formula is C43H46N3O3+. The summed E-state index contributed by atoms with van der Waals surface area (Å²) in [5, 5.41) is 5.60. The molecule has 1 N–H and O–H groups in total. The van der Waals surface area contributed by atoms with Crippen molar-refractivity contribution in [2.75, 3.05) is 31.1 Å². The highest BCUT2D eigenvalue weighted by atomic mass is 16.6. The number of rotatable bonds is 4. The van der Waals surface area contributed by atoms with Crippen LogP contribution in [0.3, 0.4) is 0 Å². The van der Waals surface area contributed by atoms with Crippen molar-refractivity contribution in [2.24, 2.45) is 0 Å². The van der Waals surface area contributed by atoms with Gasteiger partial charge < -0.3 is 19.7 Å². The molecule has 0 saturated carbocycles. The highest BCUT2D eigenvalue weighted by Gasteiger charge is 2.35. The predicted octanol–water partition coefficient (Wildman–Crippen LogP) is 6.81. The molecule has 6 nitrogen and oxygen atoms in total. The van der Waals surface area contributed by atoms with Crippen LogP contribution in [0.15, 0.2) is 60.7 Å². The summed E-state index contributed by atoms with van der Waals surface area (Å²) in [6.07, 6.45) is 8.85. The van der Waals surface area contributed by atoms with Crippen LogP contribution in [0.25, 0.3) is 16.7 Å². The van der Waals surface area contributed by atoms with Gasteiger partial charge in [-0.1, -0.05) is 48.5 Å². The van der Waals surface area contributed by atoms with Crippen LogP contribution in [0, 0.1) is 0 Å². The van der Waals surface area contributed by atoms with E-state index < -0.39 is 11.7 Å². The summed E-state index contributed by atoms with van der Waals surface area (Å²) in [6, 6.07) is 22.6. The number of alkyl carbamates (subject to hydrolysis) is 1. The molecule has 0 aliphatic carbocycles. The molecule has 0 aromatic heterocycles. The normalized spacial score (nSPS) is 17.3. The number of anilines is 1. The zero-order valence-electron chi connectivity index (χ0n) is 29.1. The largest absolute Gasteiger partial charge is 0.455 e. The molecule has 0 bridgehead atoms. The summed E-state index contributed by atoms with van der Waals surface area (Å²) in [4.78, 5) is 14.8. The third-order valence-electron chi connectivity index (χ3n) is 11.0. The lowest BCUT2D eigenvalue weighted by molar-refractivity contribution is 0.0523. The average molecular weight is 653 g/mol. The minimum Gasteiger partial charge on any atom is -0.455 e. The van der Waals surface area contributed by atoms with Crippen LogP contribution in [0.2, 0.25) is 0 Å². The lowest BCUT2D eigenvalue weighted by atomic mass is 9.82. The molecule has 6 heteroatoms. The Bertz CT molecular complexity index is 2120. The van der Waals surface area contributed by atoms with E-state index in [-0.39, 0.29) is 0 Å². The van der Waals surface area contributed by atoms with E-state index in [2.05, 4.69) is 75.5 Å². The Hall–Kier alpha value is -4.58. The number of carbonyl (C=O) groups excluding carboxylic acids is 1. The Morgan fingerprint density at radius 1 is 0.796 bits per heavy atom. The molecule has 1 amide bonds. The SMILES string of the molecule is CC(C)(C)OC(=O)NCc1ccc(-c2ccc(C3=c4cc5c6c(c4Oc4c3cc3c7c4CCCN7CCC3)CCC[N+]=6CCC5)cc2)cc1. The highest BCUT2D eigenvalue weighted by Crippen LogP contribution is 2.48. The van der Waals surface area contributed by atoms with Crippen LogP contribution < -0.4 is 30.1 Å². The maximum Gasteiger partial charge on any atom is 0.407 e. The van der Waals surface area contributed by atoms with E-state index in [0.717, 1.165) is 74.5 Å². The van der Waals surface area contributed by atoms with Crippen molar-refractivity contribution in [3.05, 3.63) is 110 Å². The second-order valence-electron chi connectivity index (χ2n) is 15.5. The van der Waals surface area contributed by atoms with Gasteiger partial charge in [-0.05, 0) is 99.2 Å². The van der Waals surface area contributed by atoms with Gasteiger partial charge in [0.15, 0.2) is 0 Å². The van der Waals surface area contributed by atoms with Crippen LogP contribution in [-0.2, 0) is 37.0 Å². The van der Waals surface area contributed by atoms with Crippen molar-refractivity contribution in [1.29, 1.82) is 0 Å². The molecule has 0 unspecified atom stereocenters. The second-order valence-corrected chi connectivity index (χ2v) is 15.5. The van der Waals surface area contributed by atoms with Crippen LogP contribution in [0.4, 0.5) is 10.5 Å². The van der Waals surface area contributed by atoms with E-state index >= 15 is 0 Å². The Morgan fingerprint density at radius 3 is 2.20 bits per heavy atom. The standard InChI is InChI=1S/C43H45N3O3/c1-43(2,3)49-42(47)44-26-27-12-14-28(15-13-27)29-16-18-30(19-17-29)37-35-24-31-8-4-20-45-22-6-10-33(38(31)45)40(35)48-41-34-11-7-23-46-21-5-9-32(39(34)46)25-36(37)41/h12-19,24-25H,4-11,20-23,26H2,1-3H3/p+1. The fourth-order valence-electron chi connectivity index (χ4n) is 8.96. The van der Waals surface area contributed by atoms with Gasteiger partial charge in [0.2, 0.25) is 5.36 Å². The number of fused-ring (bicyclic) bond motifs is 4. The van der Waals surface area contributed by atoms with Crippen molar-refractivity contribution in [1.82, 2.24) is 9.89 Å². The molecular weight excluding hydrogens is 606 g/mol. The first-order valence-corrected chi connectivity index (χ1v) is 18.4. The number of nitrogens with zero attached hydrogens (tertiary/aromatic N) is 2. The van der Waals surface area contributed by atoms with E-state index in [1.807, 2.05) is 20.8 Å². The number of carbonyl (C=O) groups is 1. The van der Waals surface area contributed by atoms with Gasteiger partial charge >= 0.3 is 6.09 Å². The number of benzene rings is 4. The number of ether oxygens (including phenoxy) is 2. The van der Waals surface area contributed by atoms with E-state index in [1.54, 1.807) is 0 Å². The van der Waals surface area contributed by atoms with E-state index in [1.165, 1.54) is 86.5 Å². The molecule has 49 heavy (non-hydrogen) atoms. The third-order valence-corrected chi connectivity index (χ3v) is 11.0. The van der Waals surface area contributed by atoms with Crippen LogP contribution in [0.5, 0.6) is 11.5 Å². The third kappa shape index (κ3) is 5.40. The Balaban J connectivity index is 1.13. The lowest BCUT2D eigenvalue weighted by Gasteiger charge is -2.39. The van der Waals surface area contributed by atoms with Gasteiger partial charge in [-0.25, -0.2) is 9.37 Å². The maximum absolute atomic E-state index is 12.1. The van der Waals surface area contributed by atoms with Crippen molar-refractivity contribution in [2.45, 2.75) is 84.3 Å². The van der Waals surface area contributed by atoms with Crippen molar-refractivity contribution >= 4 is 17.4 Å².